The van der Waals surface area contributed by atoms with Gasteiger partial charge in [0, 0.05) is 5.56 Å². The minimum absolute atomic E-state index is 0.00218. The molecule has 0 radical (unpaired) electrons. The van der Waals surface area contributed by atoms with Crippen LogP contribution in [0.2, 0.25) is 5.02 Å². The lowest BCUT2D eigenvalue weighted by atomic mass is 10.0. The number of fused-ring (bicyclic) bond motifs is 1. The van der Waals surface area contributed by atoms with Crippen molar-refractivity contribution in [3.63, 3.8) is 0 Å². The number of carbonyl (C=O) groups excluding carboxylic acids is 3. The van der Waals surface area contributed by atoms with Crippen LogP contribution in [0, 0.1) is 11.7 Å². The number of nitrogens with two attached hydrogens (primary N) is 2. The van der Waals surface area contributed by atoms with E-state index in [4.69, 9.17) is 32.5 Å². The van der Waals surface area contributed by atoms with E-state index in [-0.39, 0.29) is 33.5 Å². The Morgan fingerprint density at radius 3 is 2.58 bits per heavy atom. The van der Waals surface area contributed by atoms with Crippen molar-refractivity contribution in [2.75, 3.05) is 11.7 Å². The molecule has 2 heterocycles. The maximum atomic E-state index is 14.2. The van der Waals surface area contributed by atoms with E-state index in [0.29, 0.717) is 9.78 Å². The van der Waals surface area contributed by atoms with E-state index in [0.717, 1.165) is 12.1 Å². The third-order valence-corrected chi connectivity index (χ3v) is 5.71. The van der Waals surface area contributed by atoms with Crippen molar-refractivity contribution in [2.45, 2.75) is 19.9 Å². The van der Waals surface area contributed by atoms with E-state index in [1.165, 1.54) is 11.3 Å². The molecule has 1 atom stereocenters. The summed E-state index contributed by atoms with van der Waals surface area (Å²) in [5.41, 5.74) is 11.1. The summed E-state index contributed by atoms with van der Waals surface area (Å²) in [6.45, 7) is 2.97. The van der Waals surface area contributed by atoms with Gasteiger partial charge in [-0.3, -0.25) is 9.59 Å². The number of esters is 1. The van der Waals surface area contributed by atoms with Gasteiger partial charge >= 0.3 is 12.0 Å². The van der Waals surface area contributed by atoms with E-state index < -0.39 is 36.6 Å². The van der Waals surface area contributed by atoms with Gasteiger partial charge in [0.1, 0.15) is 11.9 Å². The van der Waals surface area contributed by atoms with E-state index >= 15 is 0 Å². The molecule has 3 amide bonds. The summed E-state index contributed by atoms with van der Waals surface area (Å²) in [6.07, 6.45) is 0. The van der Waals surface area contributed by atoms with Crippen LogP contribution in [0.25, 0.3) is 11.3 Å². The quantitative estimate of drug-likeness (QED) is 0.290. The molecule has 0 spiro atoms. The van der Waals surface area contributed by atoms with Crippen molar-refractivity contribution in [1.82, 2.24) is 0 Å². The smallest absolute Gasteiger partial charge is 0.326 e. The summed E-state index contributed by atoms with van der Waals surface area (Å²) in [7, 11) is 0. The Kier molecular flexibility index (Phi) is 6.63. The average Bonchev–Trinajstić information content (AvgIpc) is 3.32. The van der Waals surface area contributed by atoms with Crippen LogP contribution < -0.4 is 16.4 Å². The van der Waals surface area contributed by atoms with Gasteiger partial charge < -0.3 is 20.9 Å². The highest BCUT2D eigenvalue weighted by Crippen LogP contribution is 2.43. The Morgan fingerprint density at radius 2 is 2.00 bits per heavy atom. The highest BCUT2D eigenvalue weighted by molar-refractivity contribution is 7.11. The van der Waals surface area contributed by atoms with Crippen molar-refractivity contribution in [1.29, 1.82) is 0 Å². The number of amides is 3. The van der Waals surface area contributed by atoms with Gasteiger partial charge in [-0.2, -0.15) is 0 Å². The van der Waals surface area contributed by atoms with Crippen molar-refractivity contribution < 1.29 is 28.2 Å². The van der Waals surface area contributed by atoms with Gasteiger partial charge in [-0.05, 0) is 29.5 Å². The van der Waals surface area contributed by atoms with E-state index in [1.807, 2.05) is 0 Å². The van der Waals surface area contributed by atoms with Gasteiger partial charge in [-0.15, -0.1) is 11.3 Å². The maximum absolute atomic E-state index is 14.2. The van der Waals surface area contributed by atoms with Crippen LogP contribution in [0.15, 0.2) is 29.6 Å². The molecule has 1 aromatic heterocycles. The molecule has 1 aliphatic heterocycles. The molecule has 0 aliphatic carbocycles. The lowest BCUT2D eigenvalue weighted by molar-refractivity contribution is -0.154. The molecule has 3 rings (SSSR count). The number of carbonyl (C=O) groups is 3. The number of benzene rings is 1. The molecule has 2 aromatic rings. The Balaban J connectivity index is 2.05. The summed E-state index contributed by atoms with van der Waals surface area (Å²) in [6, 6.07) is 3.60. The van der Waals surface area contributed by atoms with Crippen LogP contribution in [-0.4, -0.2) is 30.7 Å². The molecule has 31 heavy (non-hydrogen) atoms. The molecule has 0 saturated carbocycles. The molecule has 1 aromatic carbocycles. The Labute approximate surface area is 186 Å². The van der Waals surface area contributed by atoms with E-state index in [1.54, 1.807) is 31.4 Å². The summed E-state index contributed by atoms with van der Waals surface area (Å²) in [5, 5.41) is 1.45. The Morgan fingerprint density at radius 1 is 1.29 bits per heavy atom. The van der Waals surface area contributed by atoms with Gasteiger partial charge in [-0.25, -0.2) is 14.1 Å². The van der Waals surface area contributed by atoms with E-state index in [2.05, 4.69) is 0 Å². The van der Waals surface area contributed by atoms with Crippen molar-refractivity contribution in [3.05, 3.63) is 50.9 Å². The zero-order chi connectivity index (χ0) is 22.9. The van der Waals surface area contributed by atoms with Gasteiger partial charge in [0.2, 0.25) is 6.79 Å². The molecule has 8 nitrogen and oxygen atoms in total. The number of halogens is 2. The number of imide groups is 1. The summed E-state index contributed by atoms with van der Waals surface area (Å²) in [5.74, 6) is -2.45. The zero-order valence-corrected chi connectivity index (χ0v) is 18.1. The SMILES string of the molecule is CC(C)C(N)C(=O)OCO/C(=C1/C(=O)N(C(N)=O)c2cc(Cl)c(F)cc21)c1cccs1. The lowest BCUT2D eigenvalue weighted by Gasteiger charge is -2.16. The van der Waals surface area contributed by atoms with Crippen molar-refractivity contribution >= 4 is 57.9 Å². The van der Waals surface area contributed by atoms with Crippen LogP contribution in [0.5, 0.6) is 0 Å². The first-order chi connectivity index (χ1) is 14.6. The summed E-state index contributed by atoms with van der Waals surface area (Å²) in [4.78, 5) is 38.1. The first-order valence-electron chi connectivity index (χ1n) is 9.10. The fourth-order valence-corrected chi connectivity index (χ4v) is 3.77. The standard InChI is InChI=1S/C20H19ClFN3O5S/c1-9(2)16(23)19(27)30-8-29-17(14-4-3-5-31-14)15-10-6-12(22)11(21)7-13(10)25(18(15)26)20(24)28/h3-7,9,16H,8,23H2,1-2H3,(H2,24,28)/b17-15+. The fourth-order valence-electron chi connectivity index (χ4n) is 2.89. The molecular weight excluding hydrogens is 449 g/mol. The van der Waals surface area contributed by atoms with Crippen LogP contribution in [-0.2, 0) is 19.1 Å². The molecule has 4 N–H and O–H groups in total. The molecule has 0 fully saturated rings. The topological polar surface area (TPSA) is 125 Å². The second-order valence-electron chi connectivity index (χ2n) is 6.94. The monoisotopic (exact) mass is 467 g/mol. The summed E-state index contributed by atoms with van der Waals surface area (Å²) >= 11 is 7.06. The third-order valence-electron chi connectivity index (χ3n) is 4.55. The molecule has 11 heteroatoms. The van der Waals surface area contributed by atoms with Crippen LogP contribution in [0.4, 0.5) is 14.9 Å². The number of primary amides is 1. The van der Waals surface area contributed by atoms with Crippen molar-refractivity contribution in [3.8, 4) is 0 Å². The number of hydrogen-bond acceptors (Lipinski definition) is 7. The number of nitrogens with zero attached hydrogens (tertiary/aromatic N) is 1. The van der Waals surface area contributed by atoms with Gasteiger partial charge in [-0.1, -0.05) is 31.5 Å². The highest BCUT2D eigenvalue weighted by Gasteiger charge is 2.40. The number of anilines is 1. The first kappa shape index (κ1) is 22.7. The fraction of sp³-hybridized carbons (Fsp3) is 0.250. The maximum Gasteiger partial charge on any atom is 0.326 e. The van der Waals surface area contributed by atoms with Crippen molar-refractivity contribution in [2.24, 2.45) is 17.4 Å². The Bertz CT molecular complexity index is 1070. The first-order valence-corrected chi connectivity index (χ1v) is 10.4. The zero-order valence-electron chi connectivity index (χ0n) is 16.6. The van der Waals surface area contributed by atoms with Crippen LogP contribution in [0.1, 0.15) is 24.3 Å². The van der Waals surface area contributed by atoms with Gasteiger partial charge in [0.25, 0.3) is 5.91 Å². The predicted octanol–water partition coefficient (Wildman–Crippen LogP) is 3.33. The molecule has 164 valence electrons. The van der Waals surface area contributed by atoms with Gasteiger partial charge in [0.15, 0.2) is 5.76 Å². The number of rotatable bonds is 6. The highest BCUT2D eigenvalue weighted by atomic mass is 35.5. The largest absolute Gasteiger partial charge is 0.455 e. The number of hydrogen-bond donors (Lipinski definition) is 2. The van der Waals surface area contributed by atoms with Crippen LogP contribution >= 0.6 is 22.9 Å². The third kappa shape index (κ3) is 4.41. The average molecular weight is 468 g/mol. The minimum Gasteiger partial charge on any atom is -0.455 e. The molecule has 1 aliphatic rings. The number of thiophene rings is 1. The normalized spacial score (nSPS) is 15.7. The minimum atomic E-state index is -1.07. The predicted molar refractivity (Wildman–Crippen MR) is 114 cm³/mol. The Hall–Kier alpha value is -2.95. The second-order valence-corrected chi connectivity index (χ2v) is 8.29. The molecule has 1 unspecified atom stereocenters. The molecular formula is C20H19ClFN3O5S. The number of ether oxygens (including phenoxy) is 2. The van der Waals surface area contributed by atoms with E-state index in [9.17, 15) is 18.8 Å². The number of urea groups is 1. The molecule has 0 saturated heterocycles. The van der Waals surface area contributed by atoms with Crippen LogP contribution in [0.3, 0.4) is 0 Å². The molecule has 0 bridgehead atoms. The second kappa shape index (κ2) is 9.04. The lowest BCUT2D eigenvalue weighted by Crippen LogP contribution is -2.38. The summed E-state index contributed by atoms with van der Waals surface area (Å²) < 4.78 is 24.9. The van der Waals surface area contributed by atoms with Gasteiger partial charge in [0.05, 0.1) is 21.2 Å².